The van der Waals surface area contributed by atoms with Gasteiger partial charge in [0.25, 0.3) is 0 Å². The molecule has 0 unspecified atom stereocenters. The number of para-hydroxylation sites is 2. The molecule has 2 aromatic carbocycles. The first kappa shape index (κ1) is 20.2. The van der Waals surface area contributed by atoms with Gasteiger partial charge in [-0.05, 0) is 24.3 Å². The van der Waals surface area contributed by atoms with Gasteiger partial charge in [0, 0.05) is 25.0 Å². The molecule has 1 aromatic heterocycles. The standard InChI is InChI=1S/C22H18F3N5O2/c1-31-19-9-13(22(23,24)25)8-15-20(19)28-27-16(10-26)21(15)29-6-7-30-14(11-29)12-32-18-5-3-2-4-17(18)30/h2-5,8-9,14H,6-7,11-12H2,1H3/t14-/m1/s1. The summed E-state index contributed by atoms with van der Waals surface area (Å²) in [5.74, 6) is 0.770. The molecule has 3 heterocycles. The number of anilines is 2. The van der Waals surface area contributed by atoms with E-state index in [0.29, 0.717) is 31.9 Å². The van der Waals surface area contributed by atoms with E-state index in [9.17, 15) is 18.4 Å². The predicted molar refractivity (Wildman–Crippen MR) is 111 cm³/mol. The topological polar surface area (TPSA) is 74.5 Å². The lowest BCUT2D eigenvalue weighted by Crippen LogP contribution is -2.57. The summed E-state index contributed by atoms with van der Waals surface area (Å²) < 4.78 is 51.7. The number of benzene rings is 2. The number of hydrogen-bond acceptors (Lipinski definition) is 7. The number of nitriles is 1. The lowest BCUT2D eigenvalue weighted by molar-refractivity contribution is -0.137. The third-order valence-electron chi connectivity index (χ3n) is 5.86. The van der Waals surface area contributed by atoms with Crippen LogP contribution < -0.4 is 19.3 Å². The summed E-state index contributed by atoms with van der Waals surface area (Å²) in [5, 5.41) is 17.8. The van der Waals surface area contributed by atoms with E-state index >= 15 is 0 Å². The molecule has 0 amide bonds. The van der Waals surface area contributed by atoms with Crippen LogP contribution in [0.5, 0.6) is 11.5 Å². The van der Waals surface area contributed by atoms with Gasteiger partial charge in [0.1, 0.15) is 29.7 Å². The fourth-order valence-electron chi connectivity index (χ4n) is 4.40. The van der Waals surface area contributed by atoms with Crippen LogP contribution in [0.4, 0.5) is 24.5 Å². The molecule has 32 heavy (non-hydrogen) atoms. The number of alkyl halides is 3. The molecule has 0 radical (unpaired) electrons. The summed E-state index contributed by atoms with van der Waals surface area (Å²) in [6, 6.07) is 11.6. The van der Waals surface area contributed by atoms with E-state index in [2.05, 4.69) is 15.1 Å². The minimum Gasteiger partial charge on any atom is -0.494 e. The van der Waals surface area contributed by atoms with E-state index in [0.717, 1.165) is 23.6 Å². The molecule has 0 N–H and O–H groups in total. The predicted octanol–water partition coefficient (Wildman–Crippen LogP) is 3.62. The minimum absolute atomic E-state index is 0.0237. The number of aromatic nitrogens is 2. The molecule has 0 bridgehead atoms. The Hall–Kier alpha value is -3.74. The number of ether oxygens (including phenoxy) is 2. The Labute approximate surface area is 181 Å². The fraction of sp³-hybridized carbons (Fsp3) is 0.318. The van der Waals surface area contributed by atoms with Crippen molar-refractivity contribution in [1.29, 1.82) is 5.26 Å². The smallest absolute Gasteiger partial charge is 0.416 e. The normalized spacial score (nSPS) is 17.9. The Morgan fingerprint density at radius 2 is 2.00 bits per heavy atom. The molecule has 7 nitrogen and oxygen atoms in total. The van der Waals surface area contributed by atoms with Crippen molar-refractivity contribution in [2.75, 3.05) is 43.2 Å². The summed E-state index contributed by atoms with van der Waals surface area (Å²) in [5.41, 5.74) is 0.614. The average molecular weight is 441 g/mol. The number of methoxy groups -OCH3 is 1. The van der Waals surface area contributed by atoms with E-state index in [1.807, 2.05) is 35.2 Å². The fourth-order valence-corrected chi connectivity index (χ4v) is 4.40. The van der Waals surface area contributed by atoms with Crippen LogP contribution in [0.1, 0.15) is 11.3 Å². The summed E-state index contributed by atoms with van der Waals surface area (Å²) in [6.07, 6.45) is -4.57. The summed E-state index contributed by atoms with van der Waals surface area (Å²) in [4.78, 5) is 4.13. The highest BCUT2D eigenvalue weighted by molar-refractivity contribution is 5.97. The van der Waals surface area contributed by atoms with Crippen molar-refractivity contribution in [3.05, 3.63) is 47.7 Å². The second-order valence-corrected chi connectivity index (χ2v) is 7.65. The maximum Gasteiger partial charge on any atom is 0.416 e. The van der Waals surface area contributed by atoms with E-state index in [1.54, 1.807) is 0 Å². The number of hydrogen-bond donors (Lipinski definition) is 0. The Kier molecular flexibility index (Phi) is 4.69. The summed E-state index contributed by atoms with van der Waals surface area (Å²) >= 11 is 0. The Bertz CT molecular complexity index is 1240. The molecule has 0 spiro atoms. The molecule has 0 aliphatic carbocycles. The van der Waals surface area contributed by atoms with Gasteiger partial charge in [-0.15, -0.1) is 10.2 Å². The molecule has 1 saturated heterocycles. The van der Waals surface area contributed by atoms with E-state index in [4.69, 9.17) is 9.47 Å². The first-order valence-corrected chi connectivity index (χ1v) is 10.00. The van der Waals surface area contributed by atoms with Crippen LogP contribution in [0.25, 0.3) is 10.9 Å². The van der Waals surface area contributed by atoms with Gasteiger partial charge in [-0.3, -0.25) is 0 Å². The van der Waals surface area contributed by atoms with Crippen molar-refractivity contribution in [3.8, 4) is 17.6 Å². The van der Waals surface area contributed by atoms with Crippen molar-refractivity contribution < 1.29 is 22.6 Å². The molecule has 0 saturated carbocycles. The molecular formula is C22H18F3N5O2. The van der Waals surface area contributed by atoms with Gasteiger partial charge in [-0.2, -0.15) is 18.4 Å². The quantitative estimate of drug-likeness (QED) is 0.601. The monoisotopic (exact) mass is 441 g/mol. The van der Waals surface area contributed by atoms with Crippen LogP contribution in [0.15, 0.2) is 36.4 Å². The molecule has 2 aliphatic heterocycles. The van der Waals surface area contributed by atoms with E-state index < -0.39 is 11.7 Å². The van der Waals surface area contributed by atoms with Crippen LogP contribution in [-0.4, -0.2) is 49.6 Å². The zero-order valence-electron chi connectivity index (χ0n) is 17.1. The third kappa shape index (κ3) is 3.21. The Balaban J connectivity index is 1.61. The highest BCUT2D eigenvalue weighted by Crippen LogP contribution is 2.41. The first-order chi connectivity index (χ1) is 15.4. The molecule has 3 aromatic rings. The SMILES string of the molecule is COc1cc(C(F)(F)F)cc2c(N3CCN4c5ccccc5OC[C@H]4C3)c(C#N)nnc12. The molecular weight excluding hydrogens is 423 g/mol. The second kappa shape index (κ2) is 7.44. The van der Waals surface area contributed by atoms with Gasteiger partial charge in [0.2, 0.25) is 0 Å². The number of nitrogens with zero attached hydrogens (tertiary/aromatic N) is 5. The van der Waals surface area contributed by atoms with Crippen molar-refractivity contribution in [2.24, 2.45) is 0 Å². The van der Waals surface area contributed by atoms with Crippen LogP contribution in [0, 0.1) is 11.3 Å². The average Bonchev–Trinajstić information content (AvgIpc) is 2.81. The Morgan fingerprint density at radius 1 is 1.19 bits per heavy atom. The van der Waals surface area contributed by atoms with Crippen molar-refractivity contribution in [1.82, 2.24) is 10.2 Å². The lowest BCUT2D eigenvalue weighted by Gasteiger charge is -2.46. The maximum atomic E-state index is 13.6. The number of halogens is 3. The molecule has 5 rings (SSSR count). The van der Waals surface area contributed by atoms with E-state index in [1.165, 1.54) is 7.11 Å². The minimum atomic E-state index is -4.57. The highest BCUT2D eigenvalue weighted by atomic mass is 19.4. The van der Waals surface area contributed by atoms with Gasteiger partial charge in [0.05, 0.1) is 30.1 Å². The van der Waals surface area contributed by atoms with Crippen LogP contribution in [0.3, 0.4) is 0 Å². The largest absolute Gasteiger partial charge is 0.494 e. The van der Waals surface area contributed by atoms with Crippen molar-refractivity contribution in [3.63, 3.8) is 0 Å². The summed E-state index contributed by atoms with van der Waals surface area (Å²) in [7, 11) is 1.28. The first-order valence-electron chi connectivity index (χ1n) is 10.00. The number of rotatable bonds is 2. The van der Waals surface area contributed by atoms with Crippen LogP contribution in [-0.2, 0) is 6.18 Å². The zero-order chi connectivity index (χ0) is 22.5. The highest BCUT2D eigenvalue weighted by Gasteiger charge is 2.36. The van der Waals surface area contributed by atoms with Crippen LogP contribution in [0.2, 0.25) is 0 Å². The molecule has 2 aliphatic rings. The Morgan fingerprint density at radius 3 is 2.75 bits per heavy atom. The zero-order valence-corrected chi connectivity index (χ0v) is 17.1. The molecule has 1 atom stereocenters. The van der Waals surface area contributed by atoms with Gasteiger partial charge in [-0.1, -0.05) is 12.1 Å². The van der Waals surface area contributed by atoms with Crippen molar-refractivity contribution >= 4 is 22.3 Å². The number of fused-ring (bicyclic) bond motifs is 4. The summed E-state index contributed by atoms with van der Waals surface area (Å²) in [6.45, 7) is 2.01. The lowest BCUT2D eigenvalue weighted by atomic mass is 10.0. The van der Waals surface area contributed by atoms with Gasteiger partial charge in [0.15, 0.2) is 5.69 Å². The number of piperazine rings is 1. The van der Waals surface area contributed by atoms with Gasteiger partial charge in [-0.25, -0.2) is 0 Å². The molecule has 1 fully saturated rings. The van der Waals surface area contributed by atoms with Gasteiger partial charge < -0.3 is 19.3 Å². The molecule has 164 valence electrons. The van der Waals surface area contributed by atoms with Gasteiger partial charge >= 0.3 is 6.18 Å². The van der Waals surface area contributed by atoms with Crippen LogP contribution >= 0.6 is 0 Å². The maximum absolute atomic E-state index is 13.6. The van der Waals surface area contributed by atoms with E-state index in [-0.39, 0.29) is 28.4 Å². The molecule has 10 heteroatoms. The van der Waals surface area contributed by atoms with Crippen molar-refractivity contribution in [2.45, 2.75) is 12.2 Å². The third-order valence-corrected chi connectivity index (χ3v) is 5.86. The second-order valence-electron chi connectivity index (χ2n) is 7.65.